The van der Waals surface area contributed by atoms with Crippen LogP contribution in [0, 0.1) is 5.92 Å². The molecule has 0 saturated heterocycles. The Morgan fingerprint density at radius 2 is 1.11 bits per heavy atom. The van der Waals surface area contributed by atoms with Crippen molar-refractivity contribution >= 4 is 0 Å². The van der Waals surface area contributed by atoms with E-state index in [0.29, 0.717) is 17.0 Å². The third kappa shape index (κ3) is 6.24. The molecule has 4 nitrogen and oxygen atoms in total. The van der Waals surface area contributed by atoms with Crippen LogP contribution in [0.25, 0.3) is 0 Å². The average Bonchev–Trinajstić information content (AvgIpc) is 2.92. The van der Waals surface area contributed by atoms with Crippen molar-refractivity contribution in [2.45, 2.75) is 70.0 Å². The lowest BCUT2D eigenvalue weighted by Crippen LogP contribution is -2.37. The summed E-state index contributed by atoms with van der Waals surface area (Å²) in [5, 5.41) is 39.2. The van der Waals surface area contributed by atoms with E-state index in [1.165, 1.54) is 5.56 Å². The first-order chi connectivity index (χ1) is 17.2. The molecule has 4 N–H and O–H groups in total. The fraction of sp³-hybridized carbons (Fsp3) is 0.438. The monoisotopic (exact) mass is 490 g/mol. The van der Waals surface area contributed by atoms with Crippen molar-refractivity contribution in [1.29, 1.82) is 0 Å². The lowest BCUT2D eigenvalue weighted by Gasteiger charge is -2.43. The highest BCUT2D eigenvalue weighted by molar-refractivity contribution is 5.44. The lowest BCUT2D eigenvalue weighted by molar-refractivity contribution is 0.0955. The van der Waals surface area contributed by atoms with Gasteiger partial charge in [-0.05, 0) is 52.0 Å². The van der Waals surface area contributed by atoms with Crippen molar-refractivity contribution in [3.63, 3.8) is 0 Å². The van der Waals surface area contributed by atoms with Gasteiger partial charge in [-0.25, -0.2) is 0 Å². The molecule has 0 radical (unpaired) electrons. The van der Waals surface area contributed by atoms with Crippen LogP contribution in [0.15, 0.2) is 78.9 Å². The molecule has 3 unspecified atom stereocenters. The molecule has 0 spiro atoms. The molecule has 3 rings (SSSR count). The predicted molar refractivity (Wildman–Crippen MR) is 146 cm³/mol. The van der Waals surface area contributed by atoms with E-state index in [1.807, 2.05) is 30.3 Å². The number of hydrogen-bond donors (Lipinski definition) is 4. The van der Waals surface area contributed by atoms with Crippen LogP contribution < -0.4 is 0 Å². The van der Waals surface area contributed by atoms with Gasteiger partial charge in [-0.2, -0.15) is 0 Å². The van der Waals surface area contributed by atoms with E-state index >= 15 is 0 Å². The quantitative estimate of drug-likeness (QED) is 0.258. The first kappa shape index (κ1) is 28.1. The Hall–Kier alpha value is -2.50. The minimum absolute atomic E-state index is 0.138. The summed E-state index contributed by atoms with van der Waals surface area (Å²) in [5.74, 6) is 0.460. The maximum Gasteiger partial charge on any atom is 0.102 e. The van der Waals surface area contributed by atoms with Gasteiger partial charge in [-0.3, -0.25) is 0 Å². The molecule has 0 amide bonds. The molecular formula is C32H42O4. The zero-order valence-corrected chi connectivity index (χ0v) is 22.1. The number of aliphatic hydroxyl groups is 4. The van der Waals surface area contributed by atoms with Gasteiger partial charge in [-0.1, -0.05) is 113 Å². The minimum Gasteiger partial charge on any atom is -0.393 e. The Morgan fingerprint density at radius 3 is 1.50 bits per heavy atom. The highest BCUT2D eigenvalue weighted by Crippen LogP contribution is 2.48. The fourth-order valence-corrected chi connectivity index (χ4v) is 5.42. The summed E-state index contributed by atoms with van der Waals surface area (Å²) < 4.78 is 0. The second-order valence-corrected chi connectivity index (χ2v) is 10.9. The SMILES string of the molecule is CCC(C)CC(CC(C)(C)c1ccccc1)(c1ccc(C(O)CO)cc1)c1ccc(C(O)CO)cc1. The van der Waals surface area contributed by atoms with Gasteiger partial charge in [0.05, 0.1) is 13.2 Å². The fourth-order valence-electron chi connectivity index (χ4n) is 5.42. The van der Waals surface area contributed by atoms with E-state index in [1.54, 1.807) is 0 Å². The van der Waals surface area contributed by atoms with E-state index in [4.69, 9.17) is 0 Å². The van der Waals surface area contributed by atoms with Gasteiger partial charge in [0.2, 0.25) is 0 Å². The molecule has 36 heavy (non-hydrogen) atoms. The van der Waals surface area contributed by atoms with Gasteiger partial charge in [0, 0.05) is 5.41 Å². The van der Waals surface area contributed by atoms with Crippen LogP contribution in [-0.4, -0.2) is 33.6 Å². The normalized spacial score (nSPS) is 16.2. The zero-order valence-electron chi connectivity index (χ0n) is 22.1. The molecule has 4 heteroatoms. The van der Waals surface area contributed by atoms with E-state index < -0.39 is 12.2 Å². The molecule has 0 aliphatic carbocycles. The number of aliphatic hydroxyl groups excluding tert-OH is 4. The number of benzene rings is 3. The van der Waals surface area contributed by atoms with Crippen LogP contribution >= 0.6 is 0 Å². The molecule has 0 aromatic heterocycles. The second-order valence-electron chi connectivity index (χ2n) is 10.9. The van der Waals surface area contributed by atoms with Crippen LogP contribution in [0.1, 0.15) is 87.0 Å². The summed E-state index contributed by atoms with van der Waals surface area (Å²) >= 11 is 0. The Bertz CT molecular complexity index is 1000. The summed E-state index contributed by atoms with van der Waals surface area (Å²) in [7, 11) is 0. The highest BCUT2D eigenvalue weighted by atomic mass is 16.3. The molecule has 0 bridgehead atoms. The van der Waals surface area contributed by atoms with Crippen LogP contribution in [0.2, 0.25) is 0 Å². The first-order valence-electron chi connectivity index (χ1n) is 13.0. The molecule has 0 fully saturated rings. The predicted octanol–water partition coefficient (Wildman–Crippen LogP) is 5.83. The Kier molecular flexibility index (Phi) is 9.48. The number of hydrogen-bond acceptors (Lipinski definition) is 4. The highest BCUT2D eigenvalue weighted by Gasteiger charge is 2.41. The van der Waals surface area contributed by atoms with Crippen LogP contribution in [-0.2, 0) is 10.8 Å². The topological polar surface area (TPSA) is 80.9 Å². The van der Waals surface area contributed by atoms with Crippen LogP contribution in [0.4, 0.5) is 0 Å². The third-order valence-electron chi connectivity index (χ3n) is 7.73. The van der Waals surface area contributed by atoms with Gasteiger partial charge < -0.3 is 20.4 Å². The van der Waals surface area contributed by atoms with Crippen molar-refractivity contribution in [2.24, 2.45) is 5.92 Å². The lowest BCUT2D eigenvalue weighted by atomic mass is 9.60. The van der Waals surface area contributed by atoms with E-state index in [9.17, 15) is 20.4 Å². The third-order valence-corrected chi connectivity index (χ3v) is 7.73. The van der Waals surface area contributed by atoms with Crippen LogP contribution in [0.3, 0.4) is 0 Å². The van der Waals surface area contributed by atoms with Gasteiger partial charge in [0.15, 0.2) is 0 Å². The molecule has 3 atom stereocenters. The van der Waals surface area contributed by atoms with Gasteiger partial charge in [-0.15, -0.1) is 0 Å². The van der Waals surface area contributed by atoms with Crippen molar-refractivity contribution in [2.75, 3.05) is 13.2 Å². The maximum atomic E-state index is 10.2. The second kappa shape index (κ2) is 12.2. The van der Waals surface area contributed by atoms with Crippen molar-refractivity contribution in [3.8, 4) is 0 Å². The molecule has 0 aliphatic rings. The standard InChI is InChI=1S/C32H42O4/c1-5-23(2)19-32(22-31(3,4)26-9-7-6-8-10-26,27-15-11-24(12-16-27)29(35)20-33)28-17-13-25(14-18-28)30(36)21-34/h6-18,23,29-30,33-36H,5,19-22H2,1-4H3. The Balaban J connectivity index is 2.21. The van der Waals surface area contributed by atoms with E-state index in [2.05, 4.69) is 76.2 Å². The van der Waals surface area contributed by atoms with Crippen LogP contribution in [0.5, 0.6) is 0 Å². The molecule has 3 aromatic carbocycles. The Labute approximate surface area is 216 Å². The average molecular weight is 491 g/mol. The van der Waals surface area contributed by atoms with Crippen molar-refractivity contribution in [3.05, 3.63) is 107 Å². The van der Waals surface area contributed by atoms with Crippen molar-refractivity contribution < 1.29 is 20.4 Å². The van der Waals surface area contributed by atoms with Crippen molar-refractivity contribution in [1.82, 2.24) is 0 Å². The van der Waals surface area contributed by atoms with Gasteiger partial charge in [0.1, 0.15) is 12.2 Å². The minimum atomic E-state index is -0.900. The summed E-state index contributed by atoms with van der Waals surface area (Å²) in [6, 6.07) is 26.6. The largest absolute Gasteiger partial charge is 0.393 e. The summed E-state index contributed by atoms with van der Waals surface area (Å²) in [5.41, 5.74) is 4.52. The molecular weight excluding hydrogens is 448 g/mol. The molecule has 0 saturated carbocycles. The first-order valence-corrected chi connectivity index (χ1v) is 13.0. The Morgan fingerprint density at radius 1 is 0.667 bits per heavy atom. The maximum absolute atomic E-state index is 10.2. The molecule has 0 heterocycles. The zero-order chi connectivity index (χ0) is 26.3. The van der Waals surface area contributed by atoms with E-state index in [-0.39, 0.29) is 24.0 Å². The van der Waals surface area contributed by atoms with E-state index in [0.717, 1.165) is 30.4 Å². The van der Waals surface area contributed by atoms with Gasteiger partial charge in [0.25, 0.3) is 0 Å². The molecule has 194 valence electrons. The number of rotatable bonds is 12. The summed E-state index contributed by atoms with van der Waals surface area (Å²) in [4.78, 5) is 0. The summed E-state index contributed by atoms with van der Waals surface area (Å²) in [6.45, 7) is 8.47. The summed E-state index contributed by atoms with van der Waals surface area (Å²) in [6.07, 6.45) is 1.05. The smallest absolute Gasteiger partial charge is 0.102 e. The molecule has 0 aliphatic heterocycles. The molecule has 3 aromatic rings. The van der Waals surface area contributed by atoms with Gasteiger partial charge >= 0.3 is 0 Å².